The van der Waals surface area contributed by atoms with Gasteiger partial charge in [-0.05, 0) is 49.4 Å². The van der Waals surface area contributed by atoms with Crippen LogP contribution in [-0.2, 0) is 65.4 Å². The molecule has 0 aromatic carbocycles. The molecular formula is C74H144O17P2. The summed E-state index contributed by atoms with van der Waals surface area (Å²) < 4.78 is 68.3. The molecule has 6 atom stereocenters. The maximum Gasteiger partial charge on any atom is 0.472 e. The Morgan fingerprint density at radius 3 is 0.763 bits per heavy atom. The first-order valence-corrected chi connectivity index (χ1v) is 41.2. The molecule has 0 rings (SSSR count). The summed E-state index contributed by atoms with van der Waals surface area (Å²) >= 11 is 0. The van der Waals surface area contributed by atoms with Gasteiger partial charge in [0.15, 0.2) is 12.2 Å². The zero-order valence-electron chi connectivity index (χ0n) is 60.9. The van der Waals surface area contributed by atoms with E-state index in [9.17, 15) is 43.2 Å². The van der Waals surface area contributed by atoms with Crippen LogP contribution >= 0.6 is 15.6 Å². The molecule has 0 saturated carbocycles. The molecule has 0 aliphatic rings. The Labute approximate surface area is 568 Å². The number of aliphatic hydroxyl groups is 1. The lowest BCUT2D eigenvalue weighted by Gasteiger charge is -2.21. The number of aliphatic hydroxyl groups excluding tert-OH is 1. The second kappa shape index (κ2) is 63.5. The van der Waals surface area contributed by atoms with Crippen LogP contribution in [0.15, 0.2) is 0 Å². The normalized spacial score (nSPS) is 14.5. The zero-order chi connectivity index (χ0) is 68.9. The van der Waals surface area contributed by atoms with Gasteiger partial charge in [0.2, 0.25) is 0 Å². The summed E-state index contributed by atoms with van der Waals surface area (Å²) in [6.07, 6.45) is 47.5. The van der Waals surface area contributed by atoms with Gasteiger partial charge in [-0.1, -0.05) is 319 Å². The lowest BCUT2D eigenvalue weighted by Crippen LogP contribution is -2.30. The second-order valence-corrected chi connectivity index (χ2v) is 31.3. The van der Waals surface area contributed by atoms with E-state index in [-0.39, 0.29) is 25.7 Å². The Balaban J connectivity index is 5.16. The van der Waals surface area contributed by atoms with Gasteiger partial charge < -0.3 is 33.8 Å². The molecule has 0 heterocycles. The van der Waals surface area contributed by atoms with Crippen LogP contribution in [0.5, 0.6) is 0 Å². The van der Waals surface area contributed by atoms with Crippen LogP contribution < -0.4 is 0 Å². The van der Waals surface area contributed by atoms with Crippen molar-refractivity contribution in [3.8, 4) is 0 Å². The number of hydrogen-bond donors (Lipinski definition) is 3. The molecule has 3 unspecified atom stereocenters. The fourth-order valence-corrected chi connectivity index (χ4v) is 12.7. The number of esters is 4. The van der Waals surface area contributed by atoms with Gasteiger partial charge in [0.1, 0.15) is 19.3 Å². The minimum Gasteiger partial charge on any atom is -0.462 e. The number of ether oxygens (including phenoxy) is 4. The largest absolute Gasteiger partial charge is 0.472 e. The van der Waals surface area contributed by atoms with Crippen molar-refractivity contribution in [1.29, 1.82) is 0 Å². The first kappa shape index (κ1) is 91.1. The number of carbonyl (C=O) groups excluding carboxylic acids is 4. The van der Waals surface area contributed by atoms with Crippen molar-refractivity contribution >= 4 is 39.5 Å². The monoisotopic (exact) mass is 1370 g/mol. The van der Waals surface area contributed by atoms with Crippen molar-refractivity contribution in [2.24, 2.45) is 23.7 Å². The van der Waals surface area contributed by atoms with Gasteiger partial charge in [0.05, 0.1) is 26.4 Å². The van der Waals surface area contributed by atoms with E-state index in [2.05, 4.69) is 55.4 Å². The molecule has 0 amide bonds. The standard InChI is InChI=1S/C74H144O17P2/c1-9-67(8)53-45-37-32-33-39-47-55-72(77)85-61-70(91-74(79)57-49-41-31-25-28-36-44-52-66(6)7)63-89-93(82,83)87-59-68(75)58-86-92(80,81)88-62-69(90-73(78)56-48-40-30-24-20-22-27-35-43-51-65(4)5)60-84-71(76)54-46-38-29-23-19-17-15-13-11-10-12-14-16-18-21-26-34-42-50-64(2)3/h64-70,75H,9-63H2,1-8H3,(H,80,81)(H,82,83)/t67?,68-,69-,70-/m1/s1. The number of phosphoric acid groups is 2. The first-order valence-electron chi connectivity index (χ1n) is 38.2. The molecule has 93 heavy (non-hydrogen) atoms. The summed E-state index contributed by atoms with van der Waals surface area (Å²) in [5, 5.41) is 10.6. The number of hydrogen-bond acceptors (Lipinski definition) is 15. The molecule has 0 spiro atoms. The molecular weight excluding hydrogens is 1220 g/mol. The lowest BCUT2D eigenvalue weighted by molar-refractivity contribution is -0.161. The molecule has 19 heteroatoms. The molecule has 0 radical (unpaired) electrons. The molecule has 552 valence electrons. The third-order valence-corrected chi connectivity index (χ3v) is 19.3. The van der Waals surface area contributed by atoms with Crippen LogP contribution in [0.2, 0.25) is 0 Å². The summed E-state index contributed by atoms with van der Waals surface area (Å²) in [7, 11) is -9.91. The average molecular weight is 1370 g/mol. The van der Waals surface area contributed by atoms with Crippen LogP contribution in [-0.4, -0.2) is 96.7 Å². The van der Waals surface area contributed by atoms with Crippen molar-refractivity contribution in [3.63, 3.8) is 0 Å². The van der Waals surface area contributed by atoms with E-state index >= 15 is 0 Å². The predicted molar refractivity (Wildman–Crippen MR) is 377 cm³/mol. The minimum absolute atomic E-state index is 0.102. The van der Waals surface area contributed by atoms with E-state index in [0.29, 0.717) is 31.6 Å². The minimum atomic E-state index is -4.96. The Hall–Kier alpha value is -1.94. The van der Waals surface area contributed by atoms with Gasteiger partial charge in [-0.3, -0.25) is 37.3 Å². The quantitative estimate of drug-likeness (QED) is 0.0222. The first-order chi connectivity index (χ1) is 44.6. The van der Waals surface area contributed by atoms with Crippen molar-refractivity contribution in [2.75, 3.05) is 39.6 Å². The van der Waals surface area contributed by atoms with Crippen LogP contribution in [0.3, 0.4) is 0 Å². The summed E-state index contributed by atoms with van der Waals surface area (Å²) in [5.74, 6) is 0.857. The zero-order valence-corrected chi connectivity index (χ0v) is 62.7. The molecule has 0 aromatic heterocycles. The topological polar surface area (TPSA) is 237 Å². The van der Waals surface area contributed by atoms with E-state index in [4.69, 9.17) is 37.0 Å². The van der Waals surface area contributed by atoms with Crippen LogP contribution in [0, 0.1) is 23.7 Å². The van der Waals surface area contributed by atoms with Crippen LogP contribution in [0.25, 0.3) is 0 Å². The van der Waals surface area contributed by atoms with E-state index in [1.165, 1.54) is 167 Å². The fourth-order valence-electron chi connectivity index (χ4n) is 11.2. The molecule has 17 nitrogen and oxygen atoms in total. The smallest absolute Gasteiger partial charge is 0.462 e. The highest BCUT2D eigenvalue weighted by Gasteiger charge is 2.30. The van der Waals surface area contributed by atoms with Gasteiger partial charge in [-0.15, -0.1) is 0 Å². The van der Waals surface area contributed by atoms with E-state index in [1.54, 1.807) is 0 Å². The number of rotatable bonds is 71. The lowest BCUT2D eigenvalue weighted by atomic mass is 10.00. The molecule has 0 aromatic rings. The molecule has 0 bridgehead atoms. The van der Waals surface area contributed by atoms with Crippen molar-refractivity contribution in [2.45, 2.75) is 388 Å². The maximum atomic E-state index is 13.0. The van der Waals surface area contributed by atoms with E-state index < -0.39 is 97.5 Å². The van der Waals surface area contributed by atoms with Crippen molar-refractivity contribution in [1.82, 2.24) is 0 Å². The summed E-state index contributed by atoms with van der Waals surface area (Å²) in [6, 6.07) is 0. The third kappa shape index (κ3) is 67.0. The summed E-state index contributed by atoms with van der Waals surface area (Å²) in [6.45, 7) is 14.1. The summed E-state index contributed by atoms with van der Waals surface area (Å²) in [5.41, 5.74) is 0. The SMILES string of the molecule is CCC(C)CCCCCCCCC(=O)OC[C@H](COP(=O)(O)OC[C@H](O)COP(=O)(O)OC[C@@H](COC(=O)CCCCCCCCCCCCCCCCCCCCC(C)C)OC(=O)CCCCCCCCCCCC(C)C)OC(=O)CCCCCCCCCC(C)C. The highest BCUT2D eigenvalue weighted by Crippen LogP contribution is 2.45. The summed E-state index contributed by atoms with van der Waals surface area (Å²) in [4.78, 5) is 72.6. The van der Waals surface area contributed by atoms with Gasteiger partial charge in [0, 0.05) is 25.7 Å². The highest BCUT2D eigenvalue weighted by molar-refractivity contribution is 7.47. The van der Waals surface area contributed by atoms with Gasteiger partial charge in [-0.2, -0.15) is 0 Å². The van der Waals surface area contributed by atoms with Gasteiger partial charge in [0.25, 0.3) is 0 Å². The Morgan fingerprint density at radius 2 is 0.516 bits per heavy atom. The maximum absolute atomic E-state index is 13.0. The van der Waals surface area contributed by atoms with Gasteiger partial charge >= 0.3 is 39.5 Å². The predicted octanol–water partition coefficient (Wildman–Crippen LogP) is 21.3. The average Bonchev–Trinajstić information content (AvgIpc) is 3.72. The molecule has 0 aliphatic carbocycles. The number of phosphoric ester groups is 2. The number of unbranched alkanes of at least 4 members (excludes halogenated alkanes) is 36. The molecule has 3 N–H and O–H groups in total. The van der Waals surface area contributed by atoms with Crippen molar-refractivity contribution < 1.29 is 80.2 Å². The third-order valence-electron chi connectivity index (χ3n) is 17.4. The van der Waals surface area contributed by atoms with E-state index in [0.717, 1.165) is 114 Å². The highest BCUT2D eigenvalue weighted by atomic mass is 31.2. The Bertz CT molecular complexity index is 1840. The second-order valence-electron chi connectivity index (χ2n) is 28.4. The number of carbonyl (C=O) groups is 4. The molecule has 0 saturated heterocycles. The molecule has 0 aliphatic heterocycles. The molecule has 0 fully saturated rings. The van der Waals surface area contributed by atoms with Crippen LogP contribution in [0.4, 0.5) is 0 Å². The Kier molecular flexibility index (Phi) is 62.2. The van der Waals surface area contributed by atoms with E-state index in [1.807, 2.05) is 0 Å². The van der Waals surface area contributed by atoms with Crippen LogP contribution in [0.1, 0.15) is 370 Å². The fraction of sp³-hybridized carbons (Fsp3) is 0.946. The van der Waals surface area contributed by atoms with Gasteiger partial charge in [-0.25, -0.2) is 9.13 Å². The van der Waals surface area contributed by atoms with Crippen molar-refractivity contribution in [3.05, 3.63) is 0 Å². The Morgan fingerprint density at radius 1 is 0.301 bits per heavy atom.